The number of nitrogens with one attached hydrogen (secondary N) is 2. The molecule has 35 heavy (non-hydrogen) atoms. The van der Waals surface area contributed by atoms with Crippen LogP contribution in [-0.2, 0) is 23.0 Å². The molecule has 3 aromatic carbocycles. The van der Waals surface area contributed by atoms with Crippen LogP contribution in [-0.4, -0.2) is 37.1 Å². The van der Waals surface area contributed by atoms with E-state index in [2.05, 4.69) is 10.6 Å². The van der Waals surface area contributed by atoms with Crippen molar-refractivity contribution in [2.24, 2.45) is 0 Å². The summed E-state index contributed by atoms with van der Waals surface area (Å²) in [5.41, 5.74) is 2.91. The number of carbonyl (C=O) groups is 2. The summed E-state index contributed by atoms with van der Waals surface area (Å²) in [6.07, 6.45) is 2.50. The molecule has 2 N–H and O–H groups in total. The summed E-state index contributed by atoms with van der Waals surface area (Å²) in [6, 6.07) is 18.8. The molecule has 5 rings (SSSR count). The number of amides is 2. The van der Waals surface area contributed by atoms with Crippen molar-refractivity contribution in [1.82, 2.24) is 9.62 Å². The van der Waals surface area contributed by atoms with Gasteiger partial charge in [0.2, 0.25) is 10.0 Å². The lowest BCUT2D eigenvalue weighted by atomic mass is 10.0. The lowest BCUT2D eigenvalue weighted by molar-refractivity contribution is 0.0952. The molecule has 1 fully saturated rings. The lowest BCUT2D eigenvalue weighted by Gasteiger charge is -2.28. The molecule has 1 aliphatic carbocycles. The Morgan fingerprint density at radius 2 is 1.63 bits per heavy atom. The van der Waals surface area contributed by atoms with E-state index in [1.165, 1.54) is 22.5 Å². The van der Waals surface area contributed by atoms with Crippen molar-refractivity contribution >= 4 is 39.1 Å². The van der Waals surface area contributed by atoms with E-state index >= 15 is 0 Å². The number of fused-ring (bicyclic) bond motifs is 1. The number of para-hydroxylation sites is 1. The minimum atomic E-state index is -3.94. The third-order valence-corrected chi connectivity index (χ3v) is 8.57. The fourth-order valence-corrected chi connectivity index (χ4v) is 6.05. The van der Waals surface area contributed by atoms with Crippen molar-refractivity contribution < 1.29 is 18.0 Å². The molecule has 0 aromatic heterocycles. The first kappa shape index (κ1) is 23.5. The van der Waals surface area contributed by atoms with Crippen molar-refractivity contribution in [2.75, 3.05) is 11.9 Å². The smallest absolute Gasteiger partial charge is 0.255 e. The highest BCUT2D eigenvalue weighted by molar-refractivity contribution is 7.89. The van der Waals surface area contributed by atoms with E-state index in [9.17, 15) is 18.0 Å². The number of sulfonamides is 1. The summed E-state index contributed by atoms with van der Waals surface area (Å²) in [6.45, 7) is 0.574. The molecule has 0 unspecified atom stereocenters. The van der Waals surface area contributed by atoms with Gasteiger partial charge < -0.3 is 10.6 Å². The minimum absolute atomic E-state index is 0.0459. The second-order valence-electron chi connectivity index (χ2n) is 8.75. The van der Waals surface area contributed by atoms with Crippen LogP contribution < -0.4 is 10.6 Å². The van der Waals surface area contributed by atoms with Gasteiger partial charge in [-0.25, -0.2) is 8.42 Å². The second-order valence-corrected chi connectivity index (χ2v) is 11.1. The van der Waals surface area contributed by atoms with Crippen molar-refractivity contribution in [1.29, 1.82) is 0 Å². The lowest BCUT2D eigenvalue weighted by Crippen LogP contribution is -2.36. The van der Waals surface area contributed by atoms with Gasteiger partial charge in [0.05, 0.1) is 16.3 Å². The first-order valence-electron chi connectivity index (χ1n) is 11.4. The standard InChI is InChI=1S/C26H24ClN3O4S/c27-22-12-9-18(25(31)29-23-8-4-3-7-21(23)26(32)28-20-10-11-20)15-24(22)35(33,34)30-14-13-17-5-1-2-6-19(17)16-30/h1-9,12,15,20H,10-11,13-14,16H2,(H,28,32)(H,29,31). The van der Waals surface area contributed by atoms with Crippen molar-refractivity contribution in [2.45, 2.75) is 36.7 Å². The molecule has 1 aliphatic heterocycles. The van der Waals surface area contributed by atoms with E-state index in [1.54, 1.807) is 24.3 Å². The predicted octanol–water partition coefficient (Wildman–Crippen LogP) is 4.23. The molecule has 0 bridgehead atoms. The van der Waals surface area contributed by atoms with E-state index in [-0.39, 0.29) is 34.0 Å². The number of benzene rings is 3. The first-order valence-corrected chi connectivity index (χ1v) is 13.2. The zero-order valence-corrected chi connectivity index (χ0v) is 20.4. The Bertz CT molecular complexity index is 1420. The van der Waals surface area contributed by atoms with E-state index in [4.69, 9.17) is 11.6 Å². The van der Waals surface area contributed by atoms with E-state index < -0.39 is 15.9 Å². The Kier molecular flexibility index (Phi) is 6.35. The Morgan fingerprint density at radius 1 is 0.914 bits per heavy atom. The fraction of sp³-hybridized carbons (Fsp3) is 0.231. The Morgan fingerprint density at radius 3 is 2.40 bits per heavy atom. The van der Waals surface area contributed by atoms with Crippen LogP contribution in [0.15, 0.2) is 71.6 Å². The molecular formula is C26H24ClN3O4S. The molecule has 180 valence electrons. The molecule has 2 aliphatic rings. The molecule has 2 amide bonds. The van der Waals surface area contributed by atoms with E-state index in [1.807, 2.05) is 24.3 Å². The zero-order chi connectivity index (χ0) is 24.6. The molecule has 0 spiro atoms. The quantitative estimate of drug-likeness (QED) is 0.519. The summed E-state index contributed by atoms with van der Waals surface area (Å²) < 4.78 is 28.3. The molecule has 1 heterocycles. The van der Waals surface area contributed by atoms with Crippen LogP contribution in [0.2, 0.25) is 5.02 Å². The molecule has 1 saturated carbocycles. The van der Waals surface area contributed by atoms with Crippen LogP contribution in [0.4, 0.5) is 5.69 Å². The number of rotatable bonds is 6. The van der Waals surface area contributed by atoms with Gasteiger partial charge in [-0.1, -0.05) is 48.0 Å². The number of carbonyl (C=O) groups excluding carboxylic acids is 2. The van der Waals surface area contributed by atoms with Gasteiger partial charge in [0.1, 0.15) is 4.90 Å². The molecule has 0 radical (unpaired) electrons. The van der Waals surface area contributed by atoms with Gasteiger partial charge in [0.15, 0.2) is 0 Å². The highest BCUT2D eigenvalue weighted by Gasteiger charge is 2.31. The summed E-state index contributed by atoms with van der Waals surface area (Å²) in [7, 11) is -3.94. The van der Waals surface area contributed by atoms with Crippen LogP contribution in [0, 0.1) is 0 Å². The highest BCUT2D eigenvalue weighted by atomic mass is 35.5. The number of nitrogens with zero attached hydrogens (tertiary/aromatic N) is 1. The molecular weight excluding hydrogens is 486 g/mol. The minimum Gasteiger partial charge on any atom is -0.349 e. The second kappa shape index (κ2) is 9.45. The van der Waals surface area contributed by atoms with Crippen LogP contribution in [0.25, 0.3) is 0 Å². The monoisotopic (exact) mass is 509 g/mol. The Hall–Kier alpha value is -3.20. The van der Waals surface area contributed by atoms with Gasteiger partial charge in [-0.05, 0) is 60.7 Å². The van der Waals surface area contributed by atoms with Crippen molar-refractivity contribution in [3.8, 4) is 0 Å². The highest BCUT2D eigenvalue weighted by Crippen LogP contribution is 2.30. The molecule has 0 atom stereocenters. The molecule has 7 nitrogen and oxygen atoms in total. The zero-order valence-electron chi connectivity index (χ0n) is 18.8. The average Bonchev–Trinajstić information content (AvgIpc) is 3.68. The number of anilines is 1. The molecule has 3 aromatic rings. The number of halogens is 1. The van der Waals surface area contributed by atoms with Gasteiger partial charge in [-0.15, -0.1) is 0 Å². The topological polar surface area (TPSA) is 95.6 Å². The molecule has 0 saturated heterocycles. The summed E-state index contributed by atoms with van der Waals surface area (Å²) >= 11 is 6.30. The average molecular weight is 510 g/mol. The van der Waals surface area contributed by atoms with Gasteiger partial charge in [0.25, 0.3) is 11.8 Å². The SMILES string of the molecule is O=C(Nc1ccccc1C(=O)NC1CC1)c1ccc(Cl)c(S(=O)(=O)N2CCc3ccccc3C2)c1. The number of hydrogen-bond acceptors (Lipinski definition) is 4. The largest absolute Gasteiger partial charge is 0.349 e. The van der Waals surface area contributed by atoms with Crippen LogP contribution in [0.1, 0.15) is 44.7 Å². The summed E-state index contributed by atoms with van der Waals surface area (Å²) in [4.78, 5) is 25.5. The van der Waals surface area contributed by atoms with Gasteiger partial charge >= 0.3 is 0 Å². The van der Waals surface area contributed by atoms with Crippen molar-refractivity contribution in [3.63, 3.8) is 0 Å². The Labute approximate surface area is 209 Å². The van der Waals surface area contributed by atoms with Crippen LogP contribution in [0.3, 0.4) is 0 Å². The van der Waals surface area contributed by atoms with Gasteiger partial charge in [0, 0.05) is 24.7 Å². The maximum atomic E-state index is 13.5. The third-order valence-electron chi connectivity index (χ3n) is 6.24. The normalized spacial score (nSPS) is 15.8. The van der Waals surface area contributed by atoms with Crippen LogP contribution >= 0.6 is 11.6 Å². The number of hydrogen-bond donors (Lipinski definition) is 2. The predicted molar refractivity (Wildman–Crippen MR) is 134 cm³/mol. The fourth-order valence-electron chi connectivity index (χ4n) is 4.13. The van der Waals surface area contributed by atoms with Gasteiger partial charge in [-0.2, -0.15) is 4.31 Å². The summed E-state index contributed by atoms with van der Waals surface area (Å²) in [5.74, 6) is -0.790. The van der Waals surface area contributed by atoms with Crippen molar-refractivity contribution in [3.05, 3.63) is 94.0 Å². The third kappa shape index (κ3) is 4.96. The van der Waals surface area contributed by atoms with E-state index in [0.717, 1.165) is 24.0 Å². The van der Waals surface area contributed by atoms with E-state index in [0.29, 0.717) is 24.2 Å². The van der Waals surface area contributed by atoms with Crippen LogP contribution in [0.5, 0.6) is 0 Å². The Balaban J connectivity index is 1.39. The summed E-state index contributed by atoms with van der Waals surface area (Å²) in [5, 5.41) is 5.70. The molecule has 9 heteroatoms. The maximum Gasteiger partial charge on any atom is 0.255 e. The van der Waals surface area contributed by atoms with Gasteiger partial charge in [-0.3, -0.25) is 9.59 Å². The first-order chi connectivity index (χ1) is 16.8. The maximum absolute atomic E-state index is 13.5.